The maximum atomic E-state index is 12.7. The van der Waals surface area contributed by atoms with Crippen molar-refractivity contribution >= 4 is 5.91 Å². The van der Waals surface area contributed by atoms with Crippen molar-refractivity contribution in [3.8, 4) is 0 Å². The minimum atomic E-state index is 0.102. The number of hydrogen-bond acceptors (Lipinski definition) is 1. The molecule has 3 nitrogen and oxygen atoms in total. The van der Waals surface area contributed by atoms with Crippen molar-refractivity contribution < 1.29 is 9.69 Å². The summed E-state index contributed by atoms with van der Waals surface area (Å²) in [4.78, 5) is 14.0. The number of nitrogens with one attached hydrogen (secondary N) is 2. The number of benzene rings is 2. The Bertz CT molecular complexity index is 696. The molecule has 25 heavy (non-hydrogen) atoms. The van der Waals surface area contributed by atoms with Gasteiger partial charge in [0.25, 0.3) is 5.91 Å². The molecule has 2 atom stereocenters. The van der Waals surface area contributed by atoms with E-state index in [4.69, 9.17) is 0 Å². The van der Waals surface area contributed by atoms with E-state index in [0.29, 0.717) is 12.5 Å². The van der Waals surface area contributed by atoms with E-state index in [0.717, 1.165) is 25.9 Å². The van der Waals surface area contributed by atoms with Crippen molar-refractivity contribution in [1.29, 1.82) is 0 Å². The normalized spacial score (nSPS) is 17.8. The summed E-state index contributed by atoms with van der Waals surface area (Å²) in [5, 5.41) is 3.28. The highest BCUT2D eigenvalue weighted by atomic mass is 16.2. The van der Waals surface area contributed by atoms with Gasteiger partial charge < -0.3 is 10.2 Å². The lowest BCUT2D eigenvalue weighted by molar-refractivity contribution is -0.908. The number of carbonyl (C=O) groups excluding carboxylic acids is 1. The van der Waals surface area contributed by atoms with E-state index in [2.05, 4.69) is 55.6 Å². The van der Waals surface area contributed by atoms with E-state index in [1.807, 2.05) is 18.2 Å². The molecule has 0 radical (unpaired) electrons. The number of hydrogen-bond donors (Lipinski definition) is 2. The molecule has 1 amide bonds. The van der Waals surface area contributed by atoms with Gasteiger partial charge in [-0.25, -0.2) is 0 Å². The average Bonchev–Trinajstić information content (AvgIpc) is 2.61. The minimum Gasteiger partial charge on any atom is -0.344 e. The molecule has 0 aliphatic carbocycles. The number of amides is 1. The number of quaternary nitrogens is 1. The Morgan fingerprint density at radius 3 is 2.44 bits per heavy atom. The fourth-order valence-corrected chi connectivity index (χ4v) is 3.70. The van der Waals surface area contributed by atoms with Gasteiger partial charge in [0.1, 0.15) is 6.54 Å². The van der Waals surface area contributed by atoms with Crippen LogP contribution in [0.15, 0.2) is 54.6 Å². The van der Waals surface area contributed by atoms with Crippen LogP contribution in [0, 0.1) is 5.92 Å². The van der Waals surface area contributed by atoms with Crippen molar-refractivity contribution in [2.45, 2.75) is 39.3 Å². The maximum absolute atomic E-state index is 12.7. The zero-order chi connectivity index (χ0) is 17.6. The van der Waals surface area contributed by atoms with E-state index in [1.54, 1.807) is 0 Å². The molecular weight excluding hydrogens is 308 g/mol. The van der Waals surface area contributed by atoms with Gasteiger partial charge in [-0.15, -0.1) is 0 Å². The standard InChI is InChI=1S/C22H28N2O/c1-17(2)14-21(19-9-4-3-5-10-19)23-22(25)16-24-13-12-18-8-6-7-11-20(18)15-24/h3-11,17,21H,12-16H2,1-2H3,(H,23,25)/p+1/t21-/m0/s1. The van der Waals surface area contributed by atoms with Crippen LogP contribution in [0.2, 0.25) is 0 Å². The molecule has 2 N–H and O–H groups in total. The Morgan fingerprint density at radius 2 is 1.72 bits per heavy atom. The highest BCUT2D eigenvalue weighted by molar-refractivity contribution is 5.77. The molecule has 0 aromatic heterocycles. The van der Waals surface area contributed by atoms with Gasteiger partial charge in [0, 0.05) is 12.0 Å². The summed E-state index contributed by atoms with van der Waals surface area (Å²) in [5.74, 6) is 0.698. The lowest BCUT2D eigenvalue weighted by atomic mass is 9.97. The Balaban J connectivity index is 1.60. The molecule has 0 saturated heterocycles. The summed E-state index contributed by atoms with van der Waals surface area (Å²) in [6.07, 6.45) is 2.03. The Hall–Kier alpha value is -2.13. The third kappa shape index (κ3) is 4.93. The van der Waals surface area contributed by atoms with Crippen LogP contribution in [-0.2, 0) is 17.8 Å². The lowest BCUT2D eigenvalue weighted by Gasteiger charge is -2.27. The summed E-state index contributed by atoms with van der Waals surface area (Å²) < 4.78 is 0. The summed E-state index contributed by atoms with van der Waals surface area (Å²) in [6.45, 7) is 6.94. The van der Waals surface area contributed by atoms with Gasteiger partial charge in [0.05, 0.1) is 12.6 Å². The van der Waals surface area contributed by atoms with Crippen molar-refractivity contribution in [2.24, 2.45) is 5.92 Å². The van der Waals surface area contributed by atoms with Crippen LogP contribution in [0.4, 0.5) is 0 Å². The van der Waals surface area contributed by atoms with Crippen LogP contribution in [0.3, 0.4) is 0 Å². The zero-order valence-corrected chi connectivity index (χ0v) is 15.3. The summed E-state index contributed by atoms with van der Waals surface area (Å²) in [6, 6.07) is 19.0. The minimum absolute atomic E-state index is 0.102. The van der Waals surface area contributed by atoms with Gasteiger partial charge in [0.2, 0.25) is 0 Å². The van der Waals surface area contributed by atoms with Gasteiger partial charge in [-0.1, -0.05) is 68.4 Å². The molecule has 0 saturated carbocycles. The third-order valence-corrected chi connectivity index (χ3v) is 4.96. The number of carbonyl (C=O) groups is 1. The number of fused-ring (bicyclic) bond motifs is 1. The highest BCUT2D eigenvalue weighted by Gasteiger charge is 2.23. The van der Waals surface area contributed by atoms with Gasteiger partial charge in [-0.2, -0.15) is 0 Å². The molecule has 3 heteroatoms. The summed E-state index contributed by atoms with van der Waals surface area (Å²) in [5.41, 5.74) is 4.02. The highest BCUT2D eigenvalue weighted by Crippen LogP contribution is 2.20. The van der Waals surface area contributed by atoms with Gasteiger partial charge in [0.15, 0.2) is 6.54 Å². The largest absolute Gasteiger partial charge is 0.344 e. The second-order valence-corrected chi connectivity index (χ2v) is 7.53. The topological polar surface area (TPSA) is 33.5 Å². The first-order valence-corrected chi connectivity index (χ1v) is 9.36. The van der Waals surface area contributed by atoms with Crippen molar-refractivity contribution in [3.63, 3.8) is 0 Å². The first-order chi connectivity index (χ1) is 12.1. The van der Waals surface area contributed by atoms with E-state index in [9.17, 15) is 4.79 Å². The molecular formula is C22H29N2O+. The molecule has 1 aliphatic heterocycles. The van der Waals surface area contributed by atoms with Crippen molar-refractivity contribution in [1.82, 2.24) is 5.32 Å². The SMILES string of the molecule is CC(C)C[C@H](NC(=O)C[NH+]1CCc2ccccc2C1)c1ccccc1. The van der Waals surface area contributed by atoms with E-state index in [1.165, 1.54) is 21.6 Å². The fourth-order valence-electron chi connectivity index (χ4n) is 3.70. The second-order valence-electron chi connectivity index (χ2n) is 7.53. The first-order valence-electron chi connectivity index (χ1n) is 9.36. The van der Waals surface area contributed by atoms with Crippen molar-refractivity contribution in [3.05, 3.63) is 71.3 Å². The van der Waals surface area contributed by atoms with E-state index < -0.39 is 0 Å². The van der Waals surface area contributed by atoms with E-state index >= 15 is 0 Å². The average molecular weight is 337 g/mol. The van der Waals surface area contributed by atoms with E-state index in [-0.39, 0.29) is 11.9 Å². The monoisotopic (exact) mass is 337 g/mol. The van der Waals surface area contributed by atoms with Crippen LogP contribution in [0.25, 0.3) is 0 Å². The first kappa shape index (κ1) is 17.7. The number of rotatable bonds is 6. The Labute approximate surface area is 151 Å². The predicted molar refractivity (Wildman–Crippen MR) is 101 cm³/mol. The molecule has 0 fully saturated rings. The van der Waals surface area contributed by atoms with Crippen LogP contribution in [0.1, 0.15) is 43.0 Å². The molecule has 1 unspecified atom stereocenters. The lowest BCUT2D eigenvalue weighted by Crippen LogP contribution is -3.12. The van der Waals surface area contributed by atoms with Crippen molar-refractivity contribution in [2.75, 3.05) is 13.1 Å². The molecule has 1 aliphatic rings. The molecule has 1 heterocycles. The molecule has 132 valence electrons. The molecule has 2 aromatic carbocycles. The second kappa shape index (κ2) is 8.30. The van der Waals surface area contributed by atoms with Gasteiger partial charge >= 0.3 is 0 Å². The molecule has 3 rings (SSSR count). The Kier molecular flexibility index (Phi) is 5.87. The molecule has 0 spiro atoms. The molecule has 2 aromatic rings. The zero-order valence-electron chi connectivity index (χ0n) is 15.3. The molecule has 0 bridgehead atoms. The maximum Gasteiger partial charge on any atom is 0.275 e. The third-order valence-electron chi connectivity index (χ3n) is 4.96. The Morgan fingerprint density at radius 1 is 1.04 bits per heavy atom. The smallest absolute Gasteiger partial charge is 0.275 e. The van der Waals surface area contributed by atoms with Crippen LogP contribution in [-0.4, -0.2) is 19.0 Å². The van der Waals surface area contributed by atoms with Crippen LogP contribution in [0.5, 0.6) is 0 Å². The quantitative estimate of drug-likeness (QED) is 0.834. The fraction of sp³-hybridized carbons (Fsp3) is 0.409. The predicted octanol–water partition coefficient (Wildman–Crippen LogP) is 2.53. The van der Waals surface area contributed by atoms with Gasteiger partial charge in [-0.3, -0.25) is 4.79 Å². The van der Waals surface area contributed by atoms with Crippen LogP contribution >= 0.6 is 0 Å². The van der Waals surface area contributed by atoms with Crippen LogP contribution < -0.4 is 10.2 Å². The summed E-state index contributed by atoms with van der Waals surface area (Å²) >= 11 is 0. The van der Waals surface area contributed by atoms with Gasteiger partial charge in [-0.05, 0) is 23.5 Å². The summed E-state index contributed by atoms with van der Waals surface area (Å²) in [7, 11) is 0.